The van der Waals surface area contributed by atoms with E-state index in [1.54, 1.807) is 20.8 Å². The molecule has 0 saturated heterocycles. The predicted octanol–water partition coefficient (Wildman–Crippen LogP) is -0.848. The van der Waals surface area contributed by atoms with Gasteiger partial charge in [-0.05, 0) is 5.41 Å². The summed E-state index contributed by atoms with van der Waals surface area (Å²) in [6.07, 6.45) is 1.17. The number of nitrogens with one attached hydrogen (secondary N) is 2. The summed E-state index contributed by atoms with van der Waals surface area (Å²) in [5.74, 6) is -1.78. The SMILES string of the molecule is CC(C)(C)[C@H](NC(=O)Cn1ccc(=O)[nH]c1=O)C(=O)O. The number of aliphatic carboxylic acids is 1. The molecule has 0 unspecified atom stereocenters. The van der Waals surface area contributed by atoms with Crippen LogP contribution < -0.4 is 16.6 Å². The number of hydrogen-bond acceptors (Lipinski definition) is 4. The first-order valence-corrected chi connectivity index (χ1v) is 5.93. The van der Waals surface area contributed by atoms with Crippen molar-refractivity contribution in [2.24, 2.45) is 5.41 Å². The van der Waals surface area contributed by atoms with E-state index in [1.807, 2.05) is 4.98 Å². The Bertz CT molecular complexity index is 623. The lowest BCUT2D eigenvalue weighted by Crippen LogP contribution is -2.50. The van der Waals surface area contributed by atoms with Gasteiger partial charge < -0.3 is 10.4 Å². The zero-order valence-corrected chi connectivity index (χ0v) is 11.5. The van der Waals surface area contributed by atoms with Crippen molar-refractivity contribution in [2.75, 3.05) is 0 Å². The predicted molar refractivity (Wildman–Crippen MR) is 70.3 cm³/mol. The Morgan fingerprint density at radius 2 is 2.00 bits per heavy atom. The molecular weight excluding hydrogens is 266 g/mol. The number of aromatic nitrogens is 2. The Kier molecular flexibility index (Phi) is 4.49. The van der Waals surface area contributed by atoms with Crippen LogP contribution in [0, 0.1) is 5.41 Å². The summed E-state index contributed by atoms with van der Waals surface area (Å²) in [5.41, 5.74) is -1.96. The van der Waals surface area contributed by atoms with Crippen LogP contribution in [0.2, 0.25) is 0 Å². The number of rotatable bonds is 4. The highest BCUT2D eigenvalue weighted by atomic mass is 16.4. The van der Waals surface area contributed by atoms with Gasteiger partial charge in [0.15, 0.2) is 0 Å². The van der Waals surface area contributed by atoms with Gasteiger partial charge in [0.25, 0.3) is 5.56 Å². The van der Waals surface area contributed by atoms with Crippen LogP contribution in [0.1, 0.15) is 20.8 Å². The van der Waals surface area contributed by atoms with E-state index in [1.165, 1.54) is 6.20 Å². The number of carbonyl (C=O) groups excluding carboxylic acids is 1. The van der Waals surface area contributed by atoms with Gasteiger partial charge in [-0.3, -0.25) is 19.1 Å². The molecule has 0 aromatic carbocycles. The second kappa shape index (κ2) is 5.72. The third-order valence-electron chi connectivity index (χ3n) is 2.63. The van der Waals surface area contributed by atoms with Crippen molar-refractivity contribution in [3.05, 3.63) is 33.1 Å². The summed E-state index contributed by atoms with van der Waals surface area (Å²) in [6.45, 7) is 4.67. The van der Waals surface area contributed by atoms with Crippen molar-refractivity contribution in [3.8, 4) is 0 Å². The summed E-state index contributed by atoms with van der Waals surface area (Å²) in [4.78, 5) is 47.2. The molecule has 8 heteroatoms. The van der Waals surface area contributed by atoms with Gasteiger partial charge in [-0.25, -0.2) is 9.59 Å². The third kappa shape index (κ3) is 4.08. The maximum Gasteiger partial charge on any atom is 0.328 e. The Labute approximate surface area is 114 Å². The van der Waals surface area contributed by atoms with E-state index in [9.17, 15) is 19.2 Å². The Morgan fingerprint density at radius 1 is 1.40 bits per heavy atom. The van der Waals surface area contributed by atoms with Crippen molar-refractivity contribution in [3.63, 3.8) is 0 Å². The van der Waals surface area contributed by atoms with Crippen LogP contribution in [0.4, 0.5) is 0 Å². The molecule has 1 amide bonds. The van der Waals surface area contributed by atoms with Gasteiger partial charge >= 0.3 is 11.7 Å². The van der Waals surface area contributed by atoms with Gasteiger partial charge in [-0.15, -0.1) is 0 Å². The van der Waals surface area contributed by atoms with Crippen molar-refractivity contribution in [1.29, 1.82) is 0 Å². The second-order valence-electron chi connectivity index (χ2n) is 5.44. The maximum atomic E-state index is 11.8. The first-order chi connectivity index (χ1) is 9.11. The van der Waals surface area contributed by atoms with Crippen LogP contribution in [-0.4, -0.2) is 32.6 Å². The zero-order valence-electron chi connectivity index (χ0n) is 11.5. The summed E-state index contributed by atoms with van der Waals surface area (Å²) in [5, 5.41) is 11.4. The molecule has 20 heavy (non-hydrogen) atoms. The lowest BCUT2D eigenvalue weighted by molar-refractivity contribution is -0.145. The smallest absolute Gasteiger partial charge is 0.328 e. The number of H-pyrrole nitrogens is 1. The van der Waals surface area contributed by atoms with Crippen LogP contribution >= 0.6 is 0 Å². The number of hydrogen-bond donors (Lipinski definition) is 3. The first-order valence-electron chi connectivity index (χ1n) is 5.93. The highest BCUT2D eigenvalue weighted by molar-refractivity contribution is 5.83. The van der Waals surface area contributed by atoms with Gasteiger partial charge in [0, 0.05) is 12.3 Å². The second-order valence-corrected chi connectivity index (χ2v) is 5.44. The molecule has 0 spiro atoms. The molecule has 8 nitrogen and oxygen atoms in total. The van der Waals surface area contributed by atoms with Crippen LogP contribution in [0.25, 0.3) is 0 Å². The summed E-state index contributed by atoms with van der Waals surface area (Å²) < 4.78 is 0.984. The molecule has 0 aliphatic carbocycles. The fraction of sp³-hybridized carbons (Fsp3) is 0.500. The molecule has 0 aliphatic rings. The molecule has 110 valence electrons. The number of carbonyl (C=O) groups is 2. The van der Waals surface area contributed by atoms with E-state index in [0.717, 1.165) is 10.6 Å². The molecule has 1 aromatic rings. The van der Waals surface area contributed by atoms with E-state index in [4.69, 9.17) is 5.11 Å². The molecule has 1 rings (SSSR count). The largest absolute Gasteiger partial charge is 0.480 e. The molecule has 0 bridgehead atoms. The molecule has 0 fully saturated rings. The average Bonchev–Trinajstić information content (AvgIpc) is 2.28. The fourth-order valence-electron chi connectivity index (χ4n) is 1.58. The quantitative estimate of drug-likeness (QED) is 0.664. The number of amides is 1. The monoisotopic (exact) mass is 283 g/mol. The normalized spacial score (nSPS) is 12.8. The number of aromatic amines is 1. The summed E-state index contributed by atoms with van der Waals surface area (Å²) >= 11 is 0. The van der Waals surface area contributed by atoms with E-state index in [-0.39, 0.29) is 6.54 Å². The fourth-order valence-corrected chi connectivity index (χ4v) is 1.58. The Balaban J connectivity index is 2.84. The average molecular weight is 283 g/mol. The third-order valence-corrected chi connectivity index (χ3v) is 2.63. The minimum absolute atomic E-state index is 0.366. The topological polar surface area (TPSA) is 121 Å². The highest BCUT2D eigenvalue weighted by Gasteiger charge is 2.32. The number of carboxylic acid groups (broad SMARTS) is 1. The van der Waals surface area contributed by atoms with E-state index < -0.39 is 34.6 Å². The lowest BCUT2D eigenvalue weighted by Gasteiger charge is -2.27. The molecule has 3 N–H and O–H groups in total. The van der Waals surface area contributed by atoms with Gasteiger partial charge in [-0.2, -0.15) is 0 Å². The van der Waals surface area contributed by atoms with Crippen LogP contribution in [0.5, 0.6) is 0 Å². The number of carboxylic acids is 1. The van der Waals surface area contributed by atoms with Gasteiger partial charge in [-0.1, -0.05) is 20.8 Å². The molecule has 1 atom stereocenters. The van der Waals surface area contributed by atoms with E-state index >= 15 is 0 Å². The van der Waals surface area contributed by atoms with E-state index in [0.29, 0.717) is 0 Å². The number of nitrogens with zero attached hydrogens (tertiary/aromatic N) is 1. The summed E-state index contributed by atoms with van der Waals surface area (Å²) in [7, 11) is 0. The molecule has 1 aromatic heterocycles. The van der Waals surface area contributed by atoms with Crippen molar-refractivity contribution in [1.82, 2.24) is 14.9 Å². The first kappa shape index (κ1) is 15.7. The van der Waals surface area contributed by atoms with Crippen LogP contribution in [0.15, 0.2) is 21.9 Å². The molecule has 0 aliphatic heterocycles. The van der Waals surface area contributed by atoms with Gasteiger partial charge in [0.1, 0.15) is 12.6 Å². The molecule has 0 saturated carbocycles. The molecule has 1 heterocycles. The zero-order chi connectivity index (χ0) is 15.5. The van der Waals surface area contributed by atoms with Crippen LogP contribution in [-0.2, 0) is 16.1 Å². The Morgan fingerprint density at radius 3 is 2.45 bits per heavy atom. The summed E-state index contributed by atoms with van der Waals surface area (Å²) in [6, 6.07) is 0.0288. The molecular formula is C12H17N3O5. The van der Waals surface area contributed by atoms with Crippen molar-refractivity contribution in [2.45, 2.75) is 33.4 Å². The van der Waals surface area contributed by atoms with Crippen molar-refractivity contribution >= 4 is 11.9 Å². The standard InChI is InChI=1S/C12H17N3O5/c1-12(2,3)9(10(18)19)13-8(17)6-15-5-4-7(16)14-11(15)20/h4-5,9H,6H2,1-3H3,(H,13,17)(H,18,19)(H,14,16,20)/t9-/m1/s1. The van der Waals surface area contributed by atoms with Gasteiger partial charge in [0.2, 0.25) is 5.91 Å². The van der Waals surface area contributed by atoms with Crippen molar-refractivity contribution < 1.29 is 14.7 Å². The minimum atomic E-state index is -1.15. The van der Waals surface area contributed by atoms with Gasteiger partial charge in [0.05, 0.1) is 0 Å². The maximum absolute atomic E-state index is 11.8. The van der Waals surface area contributed by atoms with E-state index in [2.05, 4.69) is 5.32 Å². The Hall–Kier alpha value is -2.38. The minimum Gasteiger partial charge on any atom is -0.480 e. The highest BCUT2D eigenvalue weighted by Crippen LogP contribution is 2.19. The van der Waals surface area contributed by atoms with Crippen LogP contribution in [0.3, 0.4) is 0 Å². The molecule has 0 radical (unpaired) electrons. The lowest BCUT2D eigenvalue weighted by atomic mass is 9.87.